The van der Waals surface area contributed by atoms with Gasteiger partial charge in [-0.2, -0.15) is 0 Å². The van der Waals surface area contributed by atoms with Gasteiger partial charge in [0.25, 0.3) is 0 Å². The lowest BCUT2D eigenvalue weighted by Crippen LogP contribution is -2.48. The number of hydrogen-bond donors (Lipinski definition) is 1. The van der Waals surface area contributed by atoms with E-state index >= 15 is 0 Å². The molecule has 3 aromatic rings. The van der Waals surface area contributed by atoms with Crippen LogP contribution in [0.4, 0.5) is 18.9 Å². The van der Waals surface area contributed by atoms with E-state index in [2.05, 4.69) is 30.8 Å². The number of carbonyl (C=O) groups excluding carboxylic acids is 1. The average Bonchev–Trinajstić information content (AvgIpc) is 3.02. The number of carbonyl (C=O) groups is 1. The van der Waals surface area contributed by atoms with Crippen molar-refractivity contribution < 1.29 is 22.7 Å². The molecular weight excluding hydrogens is 419 g/mol. The molecule has 5 nitrogen and oxygen atoms in total. The number of benzene rings is 2. The zero-order chi connectivity index (χ0) is 22.9. The average molecular weight is 441 g/mol. The van der Waals surface area contributed by atoms with Crippen molar-refractivity contribution in [2.45, 2.75) is 50.8 Å². The molecule has 2 aliphatic carbocycles. The van der Waals surface area contributed by atoms with Gasteiger partial charge in [-0.15, -0.1) is 13.2 Å². The molecule has 2 unspecified atom stereocenters. The van der Waals surface area contributed by atoms with Crippen LogP contribution in [-0.2, 0) is 15.6 Å². The Bertz CT molecular complexity index is 1240. The molecule has 0 spiro atoms. The summed E-state index contributed by atoms with van der Waals surface area (Å²) in [7, 11) is 0. The molecule has 166 valence electrons. The summed E-state index contributed by atoms with van der Waals surface area (Å²) >= 11 is 0. The highest BCUT2D eigenvalue weighted by molar-refractivity contribution is 6.02. The highest BCUT2D eigenvalue weighted by Gasteiger charge is 2.73. The second-order valence-electron chi connectivity index (χ2n) is 9.30. The summed E-state index contributed by atoms with van der Waals surface area (Å²) in [6.07, 6.45) is -3.35. The van der Waals surface area contributed by atoms with Crippen LogP contribution < -0.4 is 10.1 Å². The fourth-order valence-corrected chi connectivity index (χ4v) is 5.53. The number of ether oxygens (including phenoxy) is 1. The van der Waals surface area contributed by atoms with E-state index in [0.717, 1.165) is 23.1 Å². The number of para-hydroxylation sites is 2. The maximum atomic E-state index is 13.8. The molecule has 1 aromatic heterocycles. The Morgan fingerprint density at radius 2 is 1.53 bits per heavy atom. The van der Waals surface area contributed by atoms with Crippen LogP contribution in [0.3, 0.4) is 0 Å². The first-order valence-corrected chi connectivity index (χ1v) is 10.4. The van der Waals surface area contributed by atoms with Crippen molar-refractivity contribution in [3.63, 3.8) is 0 Å². The lowest BCUT2D eigenvalue weighted by molar-refractivity contribution is -0.274. The molecule has 0 aliphatic heterocycles. The molecule has 32 heavy (non-hydrogen) atoms. The Balaban J connectivity index is 1.54. The lowest BCUT2D eigenvalue weighted by atomic mass is 9.63. The smallest absolute Gasteiger partial charge is 0.406 e. The second-order valence-corrected chi connectivity index (χ2v) is 9.30. The highest BCUT2D eigenvalue weighted by atomic mass is 19.4. The van der Waals surface area contributed by atoms with Crippen LogP contribution in [-0.4, -0.2) is 22.2 Å². The molecule has 2 atom stereocenters. The third-order valence-corrected chi connectivity index (χ3v) is 7.68. The van der Waals surface area contributed by atoms with Gasteiger partial charge in [-0.25, -0.2) is 9.97 Å². The summed E-state index contributed by atoms with van der Waals surface area (Å²) < 4.78 is 41.2. The Morgan fingerprint density at radius 3 is 2.12 bits per heavy atom. The maximum absolute atomic E-state index is 13.8. The van der Waals surface area contributed by atoms with Gasteiger partial charge in [-0.05, 0) is 54.7 Å². The molecule has 1 amide bonds. The van der Waals surface area contributed by atoms with Gasteiger partial charge in [0, 0.05) is 11.1 Å². The van der Waals surface area contributed by atoms with Gasteiger partial charge in [0.2, 0.25) is 5.91 Å². The van der Waals surface area contributed by atoms with Crippen LogP contribution in [0, 0.1) is 5.41 Å². The minimum absolute atomic E-state index is 0.223. The molecule has 1 N–H and O–H groups in total. The number of aromatic nitrogens is 2. The van der Waals surface area contributed by atoms with Gasteiger partial charge in [-0.1, -0.05) is 32.9 Å². The predicted molar refractivity (Wildman–Crippen MR) is 113 cm³/mol. The third kappa shape index (κ3) is 2.68. The highest BCUT2D eigenvalue weighted by Crippen LogP contribution is 2.70. The number of anilines is 1. The number of rotatable bonds is 3. The Kier molecular flexibility index (Phi) is 4.17. The normalized spacial score (nSPS) is 25.6. The maximum Gasteiger partial charge on any atom is 0.573 e. The van der Waals surface area contributed by atoms with E-state index in [1.165, 1.54) is 24.3 Å². The van der Waals surface area contributed by atoms with E-state index in [0.29, 0.717) is 17.8 Å². The summed E-state index contributed by atoms with van der Waals surface area (Å²) in [4.78, 5) is 23.6. The van der Waals surface area contributed by atoms with Crippen molar-refractivity contribution in [2.24, 2.45) is 5.41 Å². The molecule has 2 aliphatic rings. The Morgan fingerprint density at radius 1 is 0.938 bits per heavy atom. The summed E-state index contributed by atoms with van der Waals surface area (Å²) in [5.41, 5.74) is 1.82. The molecule has 1 heterocycles. The number of alkyl halides is 3. The molecule has 5 rings (SSSR count). The Labute approximate surface area is 183 Å². The van der Waals surface area contributed by atoms with Crippen LogP contribution in [0.15, 0.2) is 48.5 Å². The number of nitrogens with zero attached hydrogens (tertiary/aromatic N) is 2. The first-order valence-electron chi connectivity index (χ1n) is 10.4. The van der Waals surface area contributed by atoms with Gasteiger partial charge >= 0.3 is 6.36 Å². The fraction of sp³-hybridized carbons (Fsp3) is 0.375. The van der Waals surface area contributed by atoms with Crippen molar-refractivity contribution >= 4 is 22.6 Å². The minimum Gasteiger partial charge on any atom is -0.406 e. The molecule has 2 bridgehead atoms. The van der Waals surface area contributed by atoms with E-state index in [9.17, 15) is 18.0 Å². The molecule has 0 radical (unpaired) electrons. The van der Waals surface area contributed by atoms with E-state index in [1.54, 1.807) is 0 Å². The minimum atomic E-state index is -4.77. The second kappa shape index (κ2) is 6.43. The van der Waals surface area contributed by atoms with Crippen molar-refractivity contribution in [2.75, 3.05) is 5.32 Å². The number of amides is 1. The van der Waals surface area contributed by atoms with Crippen LogP contribution in [0.2, 0.25) is 0 Å². The molecule has 2 aromatic carbocycles. The summed E-state index contributed by atoms with van der Waals surface area (Å²) in [5.74, 6) is -0.565. The third-order valence-electron chi connectivity index (χ3n) is 7.68. The first-order chi connectivity index (χ1) is 15.0. The first kappa shape index (κ1) is 20.7. The molecule has 8 heteroatoms. The van der Waals surface area contributed by atoms with Crippen LogP contribution >= 0.6 is 0 Å². The molecule has 1 fully saturated rings. The molecular formula is C24H22F3N3O2. The van der Waals surface area contributed by atoms with Crippen LogP contribution in [0.25, 0.3) is 11.0 Å². The van der Waals surface area contributed by atoms with Crippen molar-refractivity contribution in [3.8, 4) is 5.75 Å². The van der Waals surface area contributed by atoms with Crippen molar-refractivity contribution in [1.82, 2.24) is 9.97 Å². The summed E-state index contributed by atoms with van der Waals surface area (Å²) in [5, 5.41) is 2.91. The quantitative estimate of drug-likeness (QED) is 0.583. The number of fused-ring (bicyclic) bond motifs is 6. The predicted octanol–water partition coefficient (Wildman–Crippen LogP) is 5.50. The number of hydrogen-bond acceptors (Lipinski definition) is 4. The van der Waals surface area contributed by atoms with Crippen molar-refractivity contribution in [3.05, 3.63) is 59.9 Å². The van der Waals surface area contributed by atoms with E-state index in [1.807, 2.05) is 24.3 Å². The van der Waals surface area contributed by atoms with E-state index < -0.39 is 17.2 Å². The van der Waals surface area contributed by atoms with Gasteiger partial charge in [0.05, 0.1) is 27.8 Å². The molecule has 1 saturated carbocycles. The Hall–Kier alpha value is -3.16. The fourth-order valence-electron chi connectivity index (χ4n) is 5.53. The zero-order valence-corrected chi connectivity index (χ0v) is 17.9. The van der Waals surface area contributed by atoms with E-state index in [-0.39, 0.29) is 17.1 Å². The van der Waals surface area contributed by atoms with Gasteiger partial charge in [0.15, 0.2) is 0 Å². The largest absolute Gasteiger partial charge is 0.573 e. The summed E-state index contributed by atoms with van der Waals surface area (Å²) in [6.45, 7) is 6.29. The number of halogens is 3. The lowest BCUT2D eigenvalue weighted by Gasteiger charge is -2.39. The van der Waals surface area contributed by atoms with Crippen LogP contribution in [0.1, 0.15) is 45.0 Å². The monoisotopic (exact) mass is 441 g/mol. The summed E-state index contributed by atoms with van der Waals surface area (Å²) in [6, 6.07) is 12.8. The van der Waals surface area contributed by atoms with Crippen LogP contribution in [0.5, 0.6) is 5.75 Å². The SMILES string of the molecule is CC12CCC(C(=O)Nc3ccc(OC(F)(F)F)cc3)(c3nc4ccccc4nc31)C2(C)C. The van der Waals surface area contributed by atoms with Gasteiger partial charge in [0.1, 0.15) is 5.75 Å². The number of nitrogens with one attached hydrogen (secondary N) is 1. The molecule has 0 saturated heterocycles. The van der Waals surface area contributed by atoms with Gasteiger partial charge < -0.3 is 10.1 Å². The van der Waals surface area contributed by atoms with Crippen molar-refractivity contribution in [1.29, 1.82) is 0 Å². The van der Waals surface area contributed by atoms with Gasteiger partial charge in [-0.3, -0.25) is 4.79 Å². The van der Waals surface area contributed by atoms with E-state index in [4.69, 9.17) is 9.97 Å². The topological polar surface area (TPSA) is 64.1 Å². The standard InChI is InChI=1S/C24H22F3N3O2/c1-21(2)22(3)12-13-23(21,19-18(22)29-16-6-4-5-7-17(16)30-19)20(31)28-14-8-10-15(11-9-14)32-24(25,26)27/h4-11H,12-13H2,1-3H3,(H,28,31). The zero-order valence-electron chi connectivity index (χ0n) is 17.9.